The third-order valence-electron chi connectivity index (χ3n) is 4.18. The first-order chi connectivity index (χ1) is 12.5. The van der Waals surface area contributed by atoms with Crippen molar-refractivity contribution in [3.05, 3.63) is 52.8 Å². The van der Waals surface area contributed by atoms with Crippen LogP contribution in [0.25, 0.3) is 0 Å². The van der Waals surface area contributed by atoms with E-state index in [0.717, 1.165) is 6.42 Å². The largest absolute Gasteiger partial charge is 0.494 e. The number of anilines is 2. The van der Waals surface area contributed by atoms with Crippen LogP contribution in [0.4, 0.5) is 15.8 Å². The highest BCUT2D eigenvalue weighted by Crippen LogP contribution is 2.31. The van der Waals surface area contributed by atoms with Crippen LogP contribution in [0.5, 0.6) is 5.75 Å². The summed E-state index contributed by atoms with van der Waals surface area (Å²) >= 11 is 6.26. The molecule has 7 heteroatoms. The lowest BCUT2D eigenvalue weighted by Crippen LogP contribution is -2.24. The van der Waals surface area contributed by atoms with E-state index in [2.05, 4.69) is 5.32 Å². The van der Waals surface area contributed by atoms with Gasteiger partial charge in [0.25, 0.3) is 0 Å². The molecule has 3 rings (SSSR count). The predicted molar refractivity (Wildman–Crippen MR) is 98.3 cm³/mol. The lowest BCUT2D eigenvalue weighted by Gasteiger charge is -2.18. The van der Waals surface area contributed by atoms with E-state index < -0.39 is 5.82 Å². The zero-order valence-electron chi connectivity index (χ0n) is 14.2. The minimum Gasteiger partial charge on any atom is -0.494 e. The molecule has 0 unspecified atom stereocenters. The first-order valence-electron chi connectivity index (χ1n) is 8.20. The normalized spacial score (nSPS) is 13.8. The van der Waals surface area contributed by atoms with Crippen LogP contribution >= 0.6 is 11.6 Å². The van der Waals surface area contributed by atoms with Crippen LogP contribution in [0.2, 0.25) is 5.02 Å². The Morgan fingerprint density at radius 2 is 2.12 bits per heavy atom. The third-order valence-corrected chi connectivity index (χ3v) is 4.48. The number of hydrogen-bond donors (Lipinski definition) is 1. The molecule has 1 N–H and O–H groups in total. The van der Waals surface area contributed by atoms with Crippen molar-refractivity contribution in [2.24, 2.45) is 0 Å². The standard InChI is InChI=1S/C19H18ClFN2O3/c1-26-17-7-4-12(9-15(17)21)10-18(24)22-13-5-6-16(14(20)11-13)23-8-2-3-19(23)25/h4-7,9,11H,2-3,8,10H2,1H3,(H,22,24). The van der Waals surface area contributed by atoms with Gasteiger partial charge in [0.1, 0.15) is 0 Å². The number of amides is 2. The number of halogens is 2. The molecule has 0 atom stereocenters. The van der Waals surface area contributed by atoms with Gasteiger partial charge >= 0.3 is 0 Å². The van der Waals surface area contributed by atoms with E-state index in [1.807, 2.05) is 0 Å². The lowest BCUT2D eigenvalue weighted by atomic mass is 10.1. The van der Waals surface area contributed by atoms with Crippen LogP contribution < -0.4 is 15.0 Å². The predicted octanol–water partition coefficient (Wildman–Crippen LogP) is 3.80. The number of hydrogen-bond acceptors (Lipinski definition) is 3. The van der Waals surface area contributed by atoms with Crippen molar-refractivity contribution in [1.82, 2.24) is 0 Å². The number of nitrogens with one attached hydrogen (secondary N) is 1. The molecule has 1 aliphatic heterocycles. The molecule has 0 radical (unpaired) electrons. The maximum Gasteiger partial charge on any atom is 0.228 e. The summed E-state index contributed by atoms with van der Waals surface area (Å²) in [5.74, 6) is -0.630. The molecule has 1 saturated heterocycles. The maximum absolute atomic E-state index is 13.7. The summed E-state index contributed by atoms with van der Waals surface area (Å²) in [5.41, 5.74) is 1.69. The fraction of sp³-hybridized carbons (Fsp3) is 0.263. The molecule has 5 nitrogen and oxygen atoms in total. The average molecular weight is 377 g/mol. The summed E-state index contributed by atoms with van der Waals surface area (Å²) in [4.78, 5) is 25.7. The van der Waals surface area contributed by atoms with Gasteiger partial charge in [0.15, 0.2) is 11.6 Å². The molecule has 2 aromatic rings. The molecule has 1 fully saturated rings. The number of methoxy groups -OCH3 is 1. The average Bonchev–Trinajstić information content (AvgIpc) is 3.01. The molecule has 136 valence electrons. The Bertz CT molecular complexity index is 857. The quantitative estimate of drug-likeness (QED) is 0.863. The molecule has 0 aromatic heterocycles. The smallest absolute Gasteiger partial charge is 0.228 e. The van der Waals surface area contributed by atoms with Crippen LogP contribution in [0.15, 0.2) is 36.4 Å². The molecule has 0 saturated carbocycles. The van der Waals surface area contributed by atoms with E-state index >= 15 is 0 Å². The van der Waals surface area contributed by atoms with E-state index in [1.165, 1.54) is 19.2 Å². The number of benzene rings is 2. The third kappa shape index (κ3) is 3.96. The summed E-state index contributed by atoms with van der Waals surface area (Å²) in [7, 11) is 1.38. The van der Waals surface area contributed by atoms with E-state index in [1.54, 1.807) is 29.2 Å². The van der Waals surface area contributed by atoms with Gasteiger partial charge in [0, 0.05) is 18.7 Å². The van der Waals surface area contributed by atoms with E-state index in [0.29, 0.717) is 34.9 Å². The molecule has 0 aliphatic carbocycles. The molecule has 0 spiro atoms. The summed E-state index contributed by atoms with van der Waals surface area (Å²) < 4.78 is 18.6. The van der Waals surface area contributed by atoms with Crippen molar-refractivity contribution < 1.29 is 18.7 Å². The van der Waals surface area contributed by atoms with Gasteiger partial charge in [-0.2, -0.15) is 0 Å². The van der Waals surface area contributed by atoms with E-state index in [4.69, 9.17) is 16.3 Å². The van der Waals surface area contributed by atoms with Crippen LogP contribution in [0.3, 0.4) is 0 Å². The highest BCUT2D eigenvalue weighted by molar-refractivity contribution is 6.34. The second-order valence-corrected chi connectivity index (χ2v) is 6.42. The molecule has 1 aliphatic rings. The van der Waals surface area contributed by atoms with Crippen molar-refractivity contribution in [1.29, 1.82) is 0 Å². The van der Waals surface area contributed by atoms with Gasteiger partial charge in [0.2, 0.25) is 11.8 Å². The first-order valence-corrected chi connectivity index (χ1v) is 8.58. The number of rotatable bonds is 5. The van der Waals surface area contributed by atoms with E-state index in [9.17, 15) is 14.0 Å². The van der Waals surface area contributed by atoms with Gasteiger partial charge in [-0.05, 0) is 42.3 Å². The first kappa shape index (κ1) is 18.2. The van der Waals surface area contributed by atoms with Crippen LogP contribution in [0.1, 0.15) is 18.4 Å². The minimum atomic E-state index is -0.513. The Balaban J connectivity index is 1.67. The number of ether oxygens (including phenoxy) is 1. The molecule has 0 bridgehead atoms. The lowest BCUT2D eigenvalue weighted by molar-refractivity contribution is -0.117. The summed E-state index contributed by atoms with van der Waals surface area (Å²) in [5, 5.41) is 3.12. The Labute approximate surface area is 155 Å². The zero-order valence-corrected chi connectivity index (χ0v) is 15.0. The van der Waals surface area contributed by atoms with Gasteiger partial charge < -0.3 is 15.0 Å². The van der Waals surface area contributed by atoms with Gasteiger partial charge in [-0.3, -0.25) is 9.59 Å². The van der Waals surface area contributed by atoms with Crippen molar-refractivity contribution in [3.8, 4) is 5.75 Å². The maximum atomic E-state index is 13.7. The molecular weight excluding hydrogens is 359 g/mol. The SMILES string of the molecule is COc1ccc(CC(=O)Nc2ccc(N3CCCC3=O)c(Cl)c2)cc1F. The second kappa shape index (κ2) is 7.74. The fourth-order valence-electron chi connectivity index (χ4n) is 2.92. The Hall–Kier alpha value is -2.60. The van der Waals surface area contributed by atoms with Crippen molar-refractivity contribution in [3.63, 3.8) is 0 Å². The van der Waals surface area contributed by atoms with Gasteiger partial charge in [-0.1, -0.05) is 17.7 Å². The Morgan fingerprint density at radius 3 is 2.73 bits per heavy atom. The van der Waals surface area contributed by atoms with Crippen LogP contribution in [0, 0.1) is 5.82 Å². The number of carbonyl (C=O) groups excluding carboxylic acids is 2. The van der Waals surface area contributed by atoms with Gasteiger partial charge in [-0.25, -0.2) is 4.39 Å². The highest BCUT2D eigenvalue weighted by Gasteiger charge is 2.23. The molecule has 2 amide bonds. The topological polar surface area (TPSA) is 58.6 Å². The summed E-state index contributed by atoms with van der Waals surface area (Å²) in [6.07, 6.45) is 1.35. The Morgan fingerprint density at radius 1 is 1.31 bits per heavy atom. The van der Waals surface area contributed by atoms with Crippen molar-refractivity contribution >= 4 is 34.8 Å². The number of carbonyl (C=O) groups is 2. The van der Waals surface area contributed by atoms with Gasteiger partial charge in [-0.15, -0.1) is 0 Å². The molecular formula is C19H18ClFN2O3. The fourth-order valence-corrected chi connectivity index (χ4v) is 3.20. The summed E-state index contributed by atoms with van der Waals surface area (Å²) in [6, 6.07) is 9.41. The Kier molecular flexibility index (Phi) is 5.42. The molecule has 26 heavy (non-hydrogen) atoms. The van der Waals surface area contributed by atoms with Gasteiger partial charge in [0.05, 0.1) is 24.2 Å². The van der Waals surface area contributed by atoms with Crippen molar-refractivity contribution in [2.75, 3.05) is 23.9 Å². The zero-order chi connectivity index (χ0) is 18.7. The van der Waals surface area contributed by atoms with Crippen LogP contribution in [-0.4, -0.2) is 25.5 Å². The van der Waals surface area contributed by atoms with Crippen molar-refractivity contribution in [2.45, 2.75) is 19.3 Å². The number of nitrogens with zero attached hydrogens (tertiary/aromatic N) is 1. The minimum absolute atomic E-state index is 0.0187. The highest BCUT2D eigenvalue weighted by atomic mass is 35.5. The van der Waals surface area contributed by atoms with Crippen LogP contribution in [-0.2, 0) is 16.0 Å². The van der Waals surface area contributed by atoms with E-state index in [-0.39, 0.29) is 24.0 Å². The molecule has 2 aromatic carbocycles. The second-order valence-electron chi connectivity index (χ2n) is 6.01. The summed E-state index contributed by atoms with van der Waals surface area (Å²) in [6.45, 7) is 0.646. The monoisotopic (exact) mass is 376 g/mol. The molecule has 1 heterocycles.